The molecular formula is C9H12N4. The van der Waals surface area contributed by atoms with Crippen LogP contribution in [0.25, 0.3) is 0 Å². The predicted molar refractivity (Wildman–Crippen MR) is 52.0 cm³/mol. The summed E-state index contributed by atoms with van der Waals surface area (Å²) in [6.07, 6.45) is 3.07. The van der Waals surface area contributed by atoms with E-state index in [0.29, 0.717) is 0 Å². The Kier molecular flexibility index (Phi) is 1.49. The maximum atomic E-state index is 4.34. The van der Waals surface area contributed by atoms with E-state index in [4.69, 9.17) is 0 Å². The van der Waals surface area contributed by atoms with Crippen molar-refractivity contribution < 1.29 is 0 Å². The van der Waals surface area contributed by atoms with Crippen LogP contribution in [0.2, 0.25) is 0 Å². The number of hydrogen-bond acceptors (Lipinski definition) is 4. The third kappa shape index (κ3) is 1.02. The quantitative estimate of drug-likeness (QED) is 0.564. The minimum absolute atomic E-state index is 0.900. The molecule has 0 amide bonds. The monoisotopic (exact) mass is 176 g/mol. The fourth-order valence-electron chi connectivity index (χ4n) is 2.06. The molecule has 3 heterocycles. The second kappa shape index (κ2) is 2.67. The van der Waals surface area contributed by atoms with Gasteiger partial charge in [0.25, 0.3) is 0 Å². The van der Waals surface area contributed by atoms with Gasteiger partial charge in [0.2, 0.25) is 5.96 Å². The van der Waals surface area contributed by atoms with Crippen LogP contribution in [0.4, 0.5) is 0 Å². The number of fused-ring (bicyclic) bond motifs is 2. The molecule has 4 nitrogen and oxygen atoms in total. The summed E-state index contributed by atoms with van der Waals surface area (Å²) in [5, 5.41) is 3.35. The molecule has 0 aromatic rings. The second-order valence-corrected chi connectivity index (χ2v) is 3.49. The fraction of sp³-hybridized carbons (Fsp3) is 0.556. The molecule has 0 unspecified atom stereocenters. The lowest BCUT2D eigenvalue weighted by atomic mass is 10.1. The zero-order valence-corrected chi connectivity index (χ0v) is 7.45. The standard InChI is InChI=1S/C9H12N4/c1-2-10-5-7-6-12-9-11-3-4-13(9)8(1)7/h6,10H,1-5H2. The van der Waals surface area contributed by atoms with Gasteiger partial charge in [-0.1, -0.05) is 0 Å². The van der Waals surface area contributed by atoms with Crippen molar-refractivity contribution >= 4 is 12.2 Å². The van der Waals surface area contributed by atoms with Gasteiger partial charge < -0.3 is 10.2 Å². The van der Waals surface area contributed by atoms with Gasteiger partial charge in [-0.15, -0.1) is 0 Å². The molecule has 3 aliphatic heterocycles. The van der Waals surface area contributed by atoms with E-state index in [-0.39, 0.29) is 0 Å². The Labute approximate surface area is 77.1 Å². The van der Waals surface area contributed by atoms with Crippen LogP contribution in [0, 0.1) is 0 Å². The first-order valence-electron chi connectivity index (χ1n) is 4.74. The lowest BCUT2D eigenvalue weighted by Gasteiger charge is -2.30. The highest BCUT2D eigenvalue weighted by Gasteiger charge is 2.26. The molecule has 0 aromatic heterocycles. The maximum absolute atomic E-state index is 4.34. The molecule has 13 heavy (non-hydrogen) atoms. The van der Waals surface area contributed by atoms with Crippen LogP contribution < -0.4 is 5.32 Å². The molecule has 0 bridgehead atoms. The van der Waals surface area contributed by atoms with E-state index in [0.717, 1.165) is 38.6 Å². The third-order valence-electron chi connectivity index (χ3n) is 2.70. The van der Waals surface area contributed by atoms with Gasteiger partial charge in [-0.25, -0.2) is 9.98 Å². The molecule has 0 aliphatic carbocycles. The number of hydrogen-bond donors (Lipinski definition) is 1. The van der Waals surface area contributed by atoms with Crippen molar-refractivity contribution in [2.24, 2.45) is 9.98 Å². The molecule has 1 N–H and O–H groups in total. The second-order valence-electron chi connectivity index (χ2n) is 3.49. The van der Waals surface area contributed by atoms with E-state index < -0.39 is 0 Å². The number of rotatable bonds is 0. The summed E-state index contributed by atoms with van der Waals surface area (Å²) >= 11 is 0. The van der Waals surface area contributed by atoms with E-state index in [9.17, 15) is 0 Å². The Balaban J connectivity index is 2.02. The number of nitrogens with zero attached hydrogens (tertiary/aromatic N) is 3. The molecule has 0 radical (unpaired) electrons. The molecular weight excluding hydrogens is 164 g/mol. The highest BCUT2D eigenvalue weighted by molar-refractivity contribution is 5.99. The Hall–Kier alpha value is -1.16. The van der Waals surface area contributed by atoms with Crippen molar-refractivity contribution in [1.29, 1.82) is 0 Å². The van der Waals surface area contributed by atoms with Crippen LogP contribution in [0.5, 0.6) is 0 Å². The zero-order valence-electron chi connectivity index (χ0n) is 7.45. The normalized spacial score (nSPS) is 25.8. The SMILES string of the molecule is C1=NC2=NCCN2C2=C1CNCC2. The van der Waals surface area contributed by atoms with Gasteiger partial charge in [0.1, 0.15) is 0 Å². The molecule has 0 atom stereocenters. The average Bonchev–Trinajstić information content (AvgIpc) is 2.65. The van der Waals surface area contributed by atoms with E-state index >= 15 is 0 Å². The van der Waals surface area contributed by atoms with Crippen molar-refractivity contribution in [1.82, 2.24) is 10.2 Å². The van der Waals surface area contributed by atoms with Gasteiger partial charge >= 0.3 is 0 Å². The summed E-state index contributed by atoms with van der Waals surface area (Å²) in [4.78, 5) is 10.9. The average molecular weight is 176 g/mol. The highest BCUT2D eigenvalue weighted by atomic mass is 15.3. The summed E-state index contributed by atoms with van der Waals surface area (Å²) in [5.41, 5.74) is 2.78. The van der Waals surface area contributed by atoms with Crippen LogP contribution >= 0.6 is 0 Å². The van der Waals surface area contributed by atoms with Gasteiger partial charge in [0.05, 0.1) is 6.54 Å². The van der Waals surface area contributed by atoms with E-state index in [1.807, 2.05) is 6.21 Å². The Morgan fingerprint density at radius 2 is 2.46 bits per heavy atom. The summed E-state index contributed by atoms with van der Waals surface area (Å²) < 4.78 is 0. The van der Waals surface area contributed by atoms with E-state index in [1.165, 1.54) is 11.3 Å². The van der Waals surface area contributed by atoms with Gasteiger partial charge in [-0.05, 0) is 0 Å². The molecule has 3 aliphatic rings. The van der Waals surface area contributed by atoms with Crippen molar-refractivity contribution in [2.75, 3.05) is 26.2 Å². The number of guanidine groups is 1. The first-order chi connectivity index (χ1) is 6.45. The molecule has 0 aromatic carbocycles. The minimum Gasteiger partial charge on any atom is -0.312 e. The largest absolute Gasteiger partial charge is 0.312 e. The van der Waals surface area contributed by atoms with Crippen LogP contribution in [0.1, 0.15) is 6.42 Å². The summed E-state index contributed by atoms with van der Waals surface area (Å²) in [6, 6.07) is 0. The molecule has 0 spiro atoms. The Morgan fingerprint density at radius 3 is 3.46 bits per heavy atom. The van der Waals surface area contributed by atoms with Crippen molar-refractivity contribution in [3.8, 4) is 0 Å². The zero-order chi connectivity index (χ0) is 8.67. The lowest BCUT2D eigenvalue weighted by Crippen LogP contribution is -2.37. The van der Waals surface area contributed by atoms with Gasteiger partial charge in [-0.2, -0.15) is 0 Å². The molecule has 0 saturated carbocycles. The summed E-state index contributed by atoms with van der Waals surface area (Å²) in [7, 11) is 0. The van der Waals surface area contributed by atoms with Gasteiger partial charge in [-0.3, -0.25) is 0 Å². The van der Waals surface area contributed by atoms with E-state index in [1.54, 1.807) is 0 Å². The minimum atomic E-state index is 0.900. The maximum Gasteiger partial charge on any atom is 0.225 e. The number of nitrogens with one attached hydrogen (secondary N) is 1. The van der Waals surface area contributed by atoms with Crippen LogP contribution in [0.15, 0.2) is 21.3 Å². The first kappa shape index (κ1) is 7.26. The predicted octanol–water partition coefficient (Wildman–Crippen LogP) is -0.0102. The first-order valence-corrected chi connectivity index (χ1v) is 4.74. The van der Waals surface area contributed by atoms with Gasteiger partial charge in [0.15, 0.2) is 0 Å². The Bertz CT molecular complexity index is 327. The van der Waals surface area contributed by atoms with Crippen molar-refractivity contribution in [2.45, 2.75) is 6.42 Å². The van der Waals surface area contributed by atoms with Crippen LogP contribution in [0.3, 0.4) is 0 Å². The molecule has 68 valence electrons. The summed E-state index contributed by atoms with van der Waals surface area (Å²) in [5.74, 6) is 0.917. The van der Waals surface area contributed by atoms with Crippen molar-refractivity contribution in [3.05, 3.63) is 11.3 Å². The smallest absolute Gasteiger partial charge is 0.225 e. The fourth-order valence-corrected chi connectivity index (χ4v) is 2.06. The Morgan fingerprint density at radius 1 is 1.46 bits per heavy atom. The molecule has 0 saturated heterocycles. The van der Waals surface area contributed by atoms with Gasteiger partial charge in [0, 0.05) is 43.5 Å². The molecule has 4 heteroatoms. The topological polar surface area (TPSA) is 40.0 Å². The van der Waals surface area contributed by atoms with Crippen LogP contribution in [-0.4, -0.2) is 43.3 Å². The number of aliphatic imine (C=N–C) groups is 2. The van der Waals surface area contributed by atoms with E-state index in [2.05, 4.69) is 20.2 Å². The summed E-state index contributed by atoms with van der Waals surface area (Å²) in [6.45, 7) is 3.96. The van der Waals surface area contributed by atoms with Crippen LogP contribution in [-0.2, 0) is 0 Å². The molecule has 0 fully saturated rings. The molecule has 3 rings (SSSR count). The highest BCUT2D eigenvalue weighted by Crippen LogP contribution is 2.23. The third-order valence-corrected chi connectivity index (χ3v) is 2.70. The van der Waals surface area contributed by atoms with Crippen molar-refractivity contribution in [3.63, 3.8) is 0 Å². The lowest BCUT2D eigenvalue weighted by molar-refractivity contribution is 0.493.